The topological polar surface area (TPSA) is 90.1 Å². The highest BCUT2D eigenvalue weighted by atomic mass is 16.4. The van der Waals surface area contributed by atoms with Gasteiger partial charge < -0.3 is 10.0 Å². The number of aromatic nitrogens is 2. The Labute approximate surface area is 105 Å². The highest BCUT2D eigenvalue weighted by Gasteiger charge is 2.44. The zero-order chi connectivity index (χ0) is 13.2. The van der Waals surface area contributed by atoms with Crippen molar-refractivity contribution in [3.63, 3.8) is 0 Å². The van der Waals surface area contributed by atoms with E-state index in [2.05, 4.69) is 9.97 Å². The summed E-state index contributed by atoms with van der Waals surface area (Å²) >= 11 is 0. The van der Waals surface area contributed by atoms with E-state index in [0.717, 1.165) is 0 Å². The summed E-state index contributed by atoms with van der Waals surface area (Å²) in [7, 11) is 0. The Hall–Kier alpha value is -2.16. The van der Waals surface area contributed by atoms with Gasteiger partial charge >= 0.3 is 5.97 Å². The van der Waals surface area contributed by atoms with Crippen molar-refractivity contribution >= 4 is 11.9 Å². The summed E-state index contributed by atoms with van der Waals surface area (Å²) in [5, 5.41) is 18.1. The van der Waals surface area contributed by atoms with Crippen LogP contribution in [0.3, 0.4) is 0 Å². The Kier molecular flexibility index (Phi) is 3.15. The molecule has 0 radical (unpaired) electrons. The lowest BCUT2D eigenvalue weighted by atomic mass is 9.84. The standard InChI is InChI=1S/C12H14N4O2/c1-2-12(10(17)18)4-6-16(8-12)11-14-5-3-9(7-13)15-11/h3,5H,2,4,6,8H2,1H3,(H,17,18). The molecule has 6 heteroatoms. The van der Waals surface area contributed by atoms with Crippen molar-refractivity contribution in [3.05, 3.63) is 18.0 Å². The molecule has 1 aromatic rings. The quantitative estimate of drug-likeness (QED) is 0.857. The number of carboxylic acids is 1. The fraction of sp³-hybridized carbons (Fsp3) is 0.500. The molecule has 94 valence electrons. The molecule has 1 aromatic heterocycles. The van der Waals surface area contributed by atoms with E-state index in [4.69, 9.17) is 5.26 Å². The van der Waals surface area contributed by atoms with Crippen molar-refractivity contribution in [1.29, 1.82) is 5.26 Å². The molecule has 0 saturated carbocycles. The van der Waals surface area contributed by atoms with Gasteiger partial charge in [-0.3, -0.25) is 4.79 Å². The first-order valence-electron chi connectivity index (χ1n) is 5.83. The van der Waals surface area contributed by atoms with Crippen LogP contribution >= 0.6 is 0 Å². The lowest BCUT2D eigenvalue weighted by molar-refractivity contribution is -0.147. The number of nitriles is 1. The van der Waals surface area contributed by atoms with Crippen LogP contribution in [0.15, 0.2) is 12.3 Å². The maximum Gasteiger partial charge on any atom is 0.311 e. The van der Waals surface area contributed by atoms with Gasteiger partial charge in [-0.05, 0) is 18.9 Å². The minimum atomic E-state index is -0.774. The van der Waals surface area contributed by atoms with Gasteiger partial charge in [-0.25, -0.2) is 9.97 Å². The van der Waals surface area contributed by atoms with Gasteiger partial charge in [0.25, 0.3) is 0 Å². The molecular weight excluding hydrogens is 232 g/mol. The number of aliphatic carboxylic acids is 1. The number of hydrogen-bond donors (Lipinski definition) is 1. The Morgan fingerprint density at radius 1 is 1.72 bits per heavy atom. The van der Waals surface area contributed by atoms with E-state index in [-0.39, 0.29) is 0 Å². The molecule has 0 aliphatic carbocycles. The predicted octanol–water partition coefficient (Wildman–Crippen LogP) is 1.04. The molecule has 18 heavy (non-hydrogen) atoms. The smallest absolute Gasteiger partial charge is 0.311 e. The molecule has 1 fully saturated rings. The van der Waals surface area contributed by atoms with Gasteiger partial charge in [0, 0.05) is 19.3 Å². The van der Waals surface area contributed by atoms with Gasteiger partial charge in [0.1, 0.15) is 11.8 Å². The molecule has 1 unspecified atom stereocenters. The normalized spacial score (nSPS) is 22.8. The minimum absolute atomic E-state index is 0.296. The van der Waals surface area contributed by atoms with Crippen LogP contribution in [0.25, 0.3) is 0 Å². The fourth-order valence-electron chi connectivity index (χ4n) is 2.22. The maximum atomic E-state index is 11.3. The average Bonchev–Trinajstić information content (AvgIpc) is 2.84. The third-order valence-corrected chi connectivity index (χ3v) is 3.52. The van der Waals surface area contributed by atoms with Crippen LogP contribution in [0.4, 0.5) is 5.95 Å². The molecule has 0 bridgehead atoms. The molecule has 0 aromatic carbocycles. The number of carboxylic acid groups (broad SMARTS) is 1. The van der Waals surface area contributed by atoms with Crippen molar-refractivity contribution in [1.82, 2.24) is 9.97 Å². The van der Waals surface area contributed by atoms with Crippen molar-refractivity contribution in [2.45, 2.75) is 19.8 Å². The average molecular weight is 246 g/mol. The van der Waals surface area contributed by atoms with E-state index < -0.39 is 11.4 Å². The van der Waals surface area contributed by atoms with E-state index >= 15 is 0 Å². The number of hydrogen-bond acceptors (Lipinski definition) is 5. The van der Waals surface area contributed by atoms with Gasteiger partial charge in [0.05, 0.1) is 5.41 Å². The van der Waals surface area contributed by atoms with E-state index in [9.17, 15) is 9.90 Å². The molecule has 1 aliphatic rings. The molecule has 1 atom stereocenters. The molecule has 0 spiro atoms. The Balaban J connectivity index is 2.23. The summed E-state index contributed by atoms with van der Waals surface area (Å²) in [5.41, 5.74) is -0.421. The first-order chi connectivity index (χ1) is 8.61. The summed E-state index contributed by atoms with van der Waals surface area (Å²) in [6.07, 6.45) is 2.68. The Morgan fingerprint density at radius 2 is 2.50 bits per heavy atom. The van der Waals surface area contributed by atoms with Gasteiger partial charge in [-0.1, -0.05) is 6.92 Å². The highest BCUT2D eigenvalue weighted by molar-refractivity contribution is 5.76. The van der Waals surface area contributed by atoms with Crippen molar-refractivity contribution < 1.29 is 9.90 Å². The van der Waals surface area contributed by atoms with Gasteiger partial charge in [-0.2, -0.15) is 5.26 Å². The zero-order valence-corrected chi connectivity index (χ0v) is 10.1. The first-order valence-corrected chi connectivity index (χ1v) is 5.83. The van der Waals surface area contributed by atoms with E-state index in [1.807, 2.05) is 17.9 Å². The second-order valence-corrected chi connectivity index (χ2v) is 4.46. The number of rotatable bonds is 3. The number of carbonyl (C=O) groups is 1. The highest BCUT2D eigenvalue weighted by Crippen LogP contribution is 2.35. The van der Waals surface area contributed by atoms with Crippen LogP contribution in [0.1, 0.15) is 25.5 Å². The summed E-state index contributed by atoms with van der Waals surface area (Å²) in [6.45, 7) is 2.88. The second kappa shape index (κ2) is 4.61. The van der Waals surface area contributed by atoms with Crippen molar-refractivity contribution in [2.24, 2.45) is 5.41 Å². The predicted molar refractivity (Wildman–Crippen MR) is 63.9 cm³/mol. The Bertz CT molecular complexity index is 511. The summed E-state index contributed by atoms with van der Waals surface area (Å²) in [5.74, 6) is -0.338. The maximum absolute atomic E-state index is 11.3. The molecule has 2 rings (SSSR count). The third-order valence-electron chi connectivity index (χ3n) is 3.52. The van der Waals surface area contributed by atoms with Crippen LogP contribution in [0.2, 0.25) is 0 Å². The van der Waals surface area contributed by atoms with Crippen LogP contribution in [0.5, 0.6) is 0 Å². The molecular formula is C12H14N4O2. The van der Waals surface area contributed by atoms with Gasteiger partial charge in [0.2, 0.25) is 5.95 Å². The Morgan fingerprint density at radius 3 is 3.06 bits per heavy atom. The summed E-state index contributed by atoms with van der Waals surface area (Å²) in [4.78, 5) is 21.4. The summed E-state index contributed by atoms with van der Waals surface area (Å²) in [6, 6.07) is 3.49. The molecule has 0 amide bonds. The molecule has 1 N–H and O–H groups in total. The molecule has 2 heterocycles. The van der Waals surface area contributed by atoms with Crippen LogP contribution in [-0.2, 0) is 4.79 Å². The first kappa shape index (κ1) is 12.3. The molecule has 6 nitrogen and oxygen atoms in total. The van der Waals surface area contributed by atoms with Gasteiger partial charge in [0.15, 0.2) is 0 Å². The second-order valence-electron chi connectivity index (χ2n) is 4.46. The van der Waals surface area contributed by atoms with Crippen molar-refractivity contribution in [3.8, 4) is 6.07 Å². The SMILES string of the molecule is CCC1(C(=O)O)CCN(c2nccc(C#N)n2)C1. The van der Waals surface area contributed by atoms with Crippen LogP contribution < -0.4 is 4.90 Å². The number of nitrogens with zero attached hydrogens (tertiary/aromatic N) is 4. The molecule has 1 aliphatic heterocycles. The summed E-state index contributed by atoms with van der Waals surface area (Å²) < 4.78 is 0. The third kappa shape index (κ3) is 1.99. The van der Waals surface area contributed by atoms with Crippen LogP contribution in [-0.4, -0.2) is 34.1 Å². The van der Waals surface area contributed by atoms with E-state index in [1.54, 1.807) is 0 Å². The van der Waals surface area contributed by atoms with Crippen LogP contribution in [0, 0.1) is 16.7 Å². The lowest BCUT2D eigenvalue weighted by Gasteiger charge is -2.22. The number of anilines is 1. The van der Waals surface area contributed by atoms with Crippen molar-refractivity contribution in [2.75, 3.05) is 18.0 Å². The minimum Gasteiger partial charge on any atom is -0.481 e. The van der Waals surface area contributed by atoms with E-state index in [1.165, 1.54) is 12.3 Å². The largest absolute Gasteiger partial charge is 0.481 e. The zero-order valence-electron chi connectivity index (χ0n) is 10.1. The van der Waals surface area contributed by atoms with E-state index in [0.29, 0.717) is 37.6 Å². The monoisotopic (exact) mass is 246 g/mol. The lowest BCUT2D eigenvalue weighted by Crippen LogP contribution is -2.34. The fourth-order valence-corrected chi connectivity index (χ4v) is 2.22. The molecule has 1 saturated heterocycles. The van der Waals surface area contributed by atoms with Gasteiger partial charge in [-0.15, -0.1) is 0 Å².